The van der Waals surface area contributed by atoms with Crippen LogP contribution < -0.4 is 14.8 Å². The molecule has 0 aliphatic carbocycles. The van der Waals surface area contributed by atoms with Crippen LogP contribution in [0.25, 0.3) is 16.6 Å². The first-order valence-electron chi connectivity index (χ1n) is 8.98. The lowest BCUT2D eigenvalue weighted by molar-refractivity contribution is 0.332. The second-order valence-corrected chi connectivity index (χ2v) is 6.01. The molecular formula is C20H21N5O2. The molecule has 0 saturated carbocycles. The summed E-state index contributed by atoms with van der Waals surface area (Å²) >= 11 is 0. The van der Waals surface area contributed by atoms with Crippen LogP contribution in [0.3, 0.4) is 0 Å². The van der Waals surface area contributed by atoms with Gasteiger partial charge >= 0.3 is 0 Å². The monoisotopic (exact) mass is 363 g/mol. The van der Waals surface area contributed by atoms with Gasteiger partial charge in [-0.05, 0) is 45.0 Å². The van der Waals surface area contributed by atoms with Gasteiger partial charge in [0, 0.05) is 11.5 Å². The molecule has 2 heterocycles. The number of para-hydroxylation sites is 1. The van der Waals surface area contributed by atoms with E-state index in [0.29, 0.717) is 19.2 Å². The summed E-state index contributed by atoms with van der Waals surface area (Å²) in [4.78, 5) is 4.78. The van der Waals surface area contributed by atoms with Crippen molar-refractivity contribution in [2.75, 3.05) is 18.5 Å². The molecule has 4 rings (SSSR count). The molecule has 0 bridgehead atoms. The van der Waals surface area contributed by atoms with Gasteiger partial charge in [0.25, 0.3) is 0 Å². The molecule has 7 heteroatoms. The van der Waals surface area contributed by atoms with E-state index < -0.39 is 0 Å². The minimum atomic E-state index is 0.564. The van der Waals surface area contributed by atoms with Gasteiger partial charge in [0.2, 0.25) is 5.95 Å². The molecule has 0 fully saturated rings. The molecule has 0 aliphatic heterocycles. The van der Waals surface area contributed by atoms with E-state index in [1.54, 1.807) is 0 Å². The third kappa shape index (κ3) is 3.12. The van der Waals surface area contributed by atoms with Crippen molar-refractivity contribution in [3.05, 3.63) is 48.3 Å². The number of ether oxygens (including phenoxy) is 2. The van der Waals surface area contributed by atoms with E-state index in [1.165, 1.54) is 0 Å². The maximum atomic E-state index is 5.77. The molecule has 2 aromatic carbocycles. The summed E-state index contributed by atoms with van der Waals surface area (Å²) in [5.41, 5.74) is 2.39. The van der Waals surface area contributed by atoms with Crippen LogP contribution in [0.1, 0.15) is 19.7 Å². The molecule has 4 aromatic rings. The van der Waals surface area contributed by atoms with Crippen LogP contribution >= 0.6 is 0 Å². The van der Waals surface area contributed by atoms with Gasteiger partial charge in [-0.2, -0.15) is 0 Å². The van der Waals surface area contributed by atoms with Gasteiger partial charge in [0.15, 0.2) is 5.65 Å². The first-order valence-corrected chi connectivity index (χ1v) is 8.98. The zero-order valence-electron chi connectivity index (χ0n) is 15.6. The van der Waals surface area contributed by atoms with Crippen molar-refractivity contribution in [3.8, 4) is 11.5 Å². The number of nitrogens with one attached hydrogen (secondary N) is 1. The van der Waals surface area contributed by atoms with E-state index >= 15 is 0 Å². The Hall–Kier alpha value is -3.35. The largest absolute Gasteiger partial charge is 0.494 e. The molecule has 0 aliphatic rings. The SMILES string of the molecule is CCOc1ccc(OCC)c(Nc2nc3ccccc3c3nnc(C)n23)c1. The molecule has 0 radical (unpaired) electrons. The van der Waals surface area contributed by atoms with E-state index in [9.17, 15) is 0 Å². The average Bonchev–Trinajstić information content (AvgIpc) is 3.07. The summed E-state index contributed by atoms with van der Waals surface area (Å²) in [6, 6.07) is 13.6. The van der Waals surface area contributed by atoms with Crippen molar-refractivity contribution in [3.63, 3.8) is 0 Å². The fourth-order valence-electron chi connectivity index (χ4n) is 3.06. The van der Waals surface area contributed by atoms with Crippen LogP contribution in [0, 0.1) is 6.92 Å². The van der Waals surface area contributed by atoms with E-state index in [4.69, 9.17) is 14.5 Å². The molecule has 7 nitrogen and oxygen atoms in total. The number of hydrogen-bond donors (Lipinski definition) is 1. The number of rotatable bonds is 6. The highest BCUT2D eigenvalue weighted by molar-refractivity contribution is 5.92. The van der Waals surface area contributed by atoms with Gasteiger partial charge in [0.05, 0.1) is 24.4 Å². The van der Waals surface area contributed by atoms with Crippen molar-refractivity contribution in [1.82, 2.24) is 19.6 Å². The molecule has 0 unspecified atom stereocenters. The predicted molar refractivity (Wildman–Crippen MR) is 105 cm³/mol. The Bertz CT molecular complexity index is 1110. The molecule has 1 N–H and O–H groups in total. The van der Waals surface area contributed by atoms with Crippen molar-refractivity contribution >= 4 is 28.2 Å². The number of aryl methyl sites for hydroxylation is 1. The van der Waals surface area contributed by atoms with E-state index in [1.807, 2.05) is 67.6 Å². The summed E-state index contributed by atoms with van der Waals surface area (Å²) in [6.45, 7) is 6.97. The summed E-state index contributed by atoms with van der Waals surface area (Å²) in [6.07, 6.45) is 0. The van der Waals surface area contributed by atoms with Crippen LogP contribution in [0.15, 0.2) is 42.5 Å². The molecule has 138 valence electrons. The van der Waals surface area contributed by atoms with Gasteiger partial charge in [-0.15, -0.1) is 10.2 Å². The van der Waals surface area contributed by atoms with Crippen molar-refractivity contribution in [2.24, 2.45) is 0 Å². The fraction of sp³-hybridized carbons (Fsp3) is 0.250. The topological polar surface area (TPSA) is 73.6 Å². The van der Waals surface area contributed by atoms with Crippen molar-refractivity contribution in [1.29, 1.82) is 0 Å². The predicted octanol–water partition coefficient (Wildman–Crippen LogP) is 4.13. The lowest BCUT2D eigenvalue weighted by atomic mass is 10.2. The minimum absolute atomic E-state index is 0.564. The minimum Gasteiger partial charge on any atom is -0.494 e. The Morgan fingerprint density at radius 2 is 1.81 bits per heavy atom. The Kier molecular flexibility index (Phi) is 4.50. The normalized spacial score (nSPS) is 11.1. The van der Waals surface area contributed by atoms with Gasteiger partial charge in [-0.1, -0.05) is 12.1 Å². The van der Waals surface area contributed by atoms with Crippen LogP contribution in [-0.2, 0) is 0 Å². The maximum absolute atomic E-state index is 5.77. The first kappa shape index (κ1) is 17.1. The van der Waals surface area contributed by atoms with Gasteiger partial charge in [0.1, 0.15) is 17.3 Å². The van der Waals surface area contributed by atoms with Gasteiger partial charge in [-0.25, -0.2) is 9.38 Å². The average molecular weight is 363 g/mol. The third-order valence-corrected chi connectivity index (χ3v) is 4.22. The van der Waals surface area contributed by atoms with Crippen molar-refractivity contribution in [2.45, 2.75) is 20.8 Å². The number of aromatic nitrogens is 4. The molecule has 27 heavy (non-hydrogen) atoms. The van der Waals surface area contributed by atoms with Crippen molar-refractivity contribution < 1.29 is 9.47 Å². The number of nitrogens with zero attached hydrogens (tertiary/aromatic N) is 4. The van der Waals surface area contributed by atoms with E-state index in [-0.39, 0.29) is 0 Å². The molecule has 0 saturated heterocycles. The molecule has 0 spiro atoms. The maximum Gasteiger partial charge on any atom is 0.215 e. The fourth-order valence-corrected chi connectivity index (χ4v) is 3.06. The Balaban J connectivity index is 1.87. The smallest absolute Gasteiger partial charge is 0.215 e. The van der Waals surface area contributed by atoms with Gasteiger partial charge in [-0.3, -0.25) is 0 Å². The molecule has 0 amide bonds. The summed E-state index contributed by atoms with van der Waals surface area (Å²) < 4.78 is 13.3. The summed E-state index contributed by atoms with van der Waals surface area (Å²) in [5, 5.41) is 12.9. The van der Waals surface area contributed by atoms with Crippen LogP contribution in [0.4, 0.5) is 11.6 Å². The zero-order valence-corrected chi connectivity index (χ0v) is 15.6. The van der Waals surface area contributed by atoms with Gasteiger partial charge < -0.3 is 14.8 Å². The quantitative estimate of drug-likeness (QED) is 0.555. The summed E-state index contributed by atoms with van der Waals surface area (Å²) in [5.74, 6) is 2.88. The van der Waals surface area contributed by atoms with E-state index in [0.717, 1.165) is 39.6 Å². The molecule has 0 atom stereocenters. The highest BCUT2D eigenvalue weighted by Gasteiger charge is 2.15. The number of anilines is 2. The van der Waals surface area contributed by atoms with Crippen LogP contribution in [0.2, 0.25) is 0 Å². The highest BCUT2D eigenvalue weighted by atomic mass is 16.5. The van der Waals surface area contributed by atoms with Crippen LogP contribution in [0.5, 0.6) is 11.5 Å². The number of fused-ring (bicyclic) bond motifs is 3. The highest BCUT2D eigenvalue weighted by Crippen LogP contribution is 2.32. The Morgan fingerprint density at radius 1 is 1.00 bits per heavy atom. The Labute approximate surface area is 157 Å². The molecule has 2 aromatic heterocycles. The van der Waals surface area contributed by atoms with E-state index in [2.05, 4.69) is 15.5 Å². The third-order valence-electron chi connectivity index (χ3n) is 4.22. The first-order chi connectivity index (χ1) is 13.2. The molecular weight excluding hydrogens is 342 g/mol. The Morgan fingerprint density at radius 3 is 2.63 bits per heavy atom. The lowest BCUT2D eigenvalue weighted by Crippen LogP contribution is -2.06. The zero-order chi connectivity index (χ0) is 18.8. The standard InChI is InChI=1S/C20H21N5O2/c1-4-26-14-10-11-18(27-5-2)17(12-14)22-20-21-16-9-7-6-8-15(16)19-24-23-13(3)25(19)20/h6-12H,4-5H2,1-3H3,(H,21,22). The number of benzene rings is 2. The summed E-state index contributed by atoms with van der Waals surface area (Å²) in [7, 11) is 0. The van der Waals surface area contributed by atoms with Crippen LogP contribution in [-0.4, -0.2) is 32.8 Å². The second kappa shape index (κ2) is 7.11. The second-order valence-electron chi connectivity index (χ2n) is 6.01. The number of hydrogen-bond acceptors (Lipinski definition) is 6. The lowest BCUT2D eigenvalue weighted by Gasteiger charge is -2.15.